The monoisotopic (exact) mass is 254 g/mol. The van der Waals surface area contributed by atoms with Gasteiger partial charge in [0.05, 0.1) is 6.04 Å². The van der Waals surface area contributed by atoms with E-state index in [2.05, 4.69) is 10.6 Å². The second-order valence-corrected chi connectivity index (χ2v) is 4.39. The Morgan fingerprint density at radius 2 is 2.11 bits per heavy atom. The fourth-order valence-electron chi connectivity index (χ4n) is 2.11. The fraction of sp³-hybridized carbons (Fsp3) is 0.462. The van der Waals surface area contributed by atoms with Gasteiger partial charge in [-0.05, 0) is 37.9 Å². The summed E-state index contributed by atoms with van der Waals surface area (Å²) >= 11 is 0. The molecule has 1 aromatic carbocycles. The molecule has 1 aliphatic rings. The molecule has 1 amide bonds. The van der Waals surface area contributed by atoms with Crippen molar-refractivity contribution in [3.05, 3.63) is 35.4 Å². The summed E-state index contributed by atoms with van der Waals surface area (Å²) in [5, 5.41) is 5.76. The summed E-state index contributed by atoms with van der Waals surface area (Å²) in [5.41, 5.74) is 0.0252. The SMILES string of the molecule is O=C(NCCc1c(F)cccc1F)C1CCCN1. The smallest absolute Gasteiger partial charge is 0.237 e. The molecule has 1 unspecified atom stereocenters. The van der Waals surface area contributed by atoms with Crippen LogP contribution in [-0.4, -0.2) is 25.0 Å². The predicted molar refractivity (Wildman–Crippen MR) is 64.1 cm³/mol. The molecule has 0 spiro atoms. The van der Waals surface area contributed by atoms with Crippen molar-refractivity contribution in [2.24, 2.45) is 0 Å². The van der Waals surface area contributed by atoms with Crippen molar-refractivity contribution in [1.82, 2.24) is 10.6 Å². The Hall–Kier alpha value is -1.49. The van der Waals surface area contributed by atoms with Crippen LogP contribution in [0.25, 0.3) is 0 Å². The van der Waals surface area contributed by atoms with Gasteiger partial charge in [-0.15, -0.1) is 0 Å². The summed E-state index contributed by atoms with van der Waals surface area (Å²) in [4.78, 5) is 11.6. The van der Waals surface area contributed by atoms with Gasteiger partial charge in [0.15, 0.2) is 0 Å². The molecule has 0 saturated carbocycles. The normalized spacial score (nSPS) is 18.9. The Labute approximate surface area is 105 Å². The van der Waals surface area contributed by atoms with Crippen molar-refractivity contribution in [3.8, 4) is 0 Å². The van der Waals surface area contributed by atoms with Gasteiger partial charge in [0.1, 0.15) is 11.6 Å². The van der Waals surface area contributed by atoms with Crippen LogP contribution in [0.4, 0.5) is 8.78 Å². The van der Waals surface area contributed by atoms with Crippen molar-refractivity contribution >= 4 is 5.91 Å². The van der Waals surface area contributed by atoms with Gasteiger partial charge >= 0.3 is 0 Å². The van der Waals surface area contributed by atoms with Gasteiger partial charge in [0.25, 0.3) is 0 Å². The zero-order valence-corrected chi connectivity index (χ0v) is 10.0. The molecule has 0 aliphatic carbocycles. The maximum atomic E-state index is 13.3. The third-order valence-corrected chi connectivity index (χ3v) is 3.11. The number of benzene rings is 1. The van der Waals surface area contributed by atoms with E-state index in [9.17, 15) is 13.6 Å². The van der Waals surface area contributed by atoms with Crippen LogP contribution >= 0.6 is 0 Å². The zero-order chi connectivity index (χ0) is 13.0. The van der Waals surface area contributed by atoms with E-state index in [1.165, 1.54) is 18.2 Å². The molecular weight excluding hydrogens is 238 g/mol. The minimum absolute atomic E-state index is 0.0252. The van der Waals surface area contributed by atoms with Gasteiger partial charge in [-0.3, -0.25) is 4.79 Å². The summed E-state index contributed by atoms with van der Waals surface area (Å²) in [6.07, 6.45) is 1.97. The third kappa shape index (κ3) is 3.04. The van der Waals surface area contributed by atoms with E-state index in [4.69, 9.17) is 0 Å². The molecule has 98 valence electrons. The quantitative estimate of drug-likeness (QED) is 0.852. The Bertz CT molecular complexity index is 411. The molecule has 1 fully saturated rings. The number of rotatable bonds is 4. The van der Waals surface area contributed by atoms with Gasteiger partial charge in [-0.1, -0.05) is 6.07 Å². The average molecular weight is 254 g/mol. The molecule has 5 heteroatoms. The third-order valence-electron chi connectivity index (χ3n) is 3.11. The first-order chi connectivity index (χ1) is 8.68. The second-order valence-electron chi connectivity index (χ2n) is 4.39. The van der Waals surface area contributed by atoms with Crippen LogP contribution < -0.4 is 10.6 Å². The molecule has 2 rings (SSSR count). The summed E-state index contributed by atoms with van der Waals surface area (Å²) in [7, 11) is 0. The molecular formula is C13H16F2N2O. The molecule has 3 nitrogen and oxygen atoms in total. The first-order valence-corrected chi connectivity index (χ1v) is 6.12. The number of carbonyl (C=O) groups excluding carboxylic acids is 1. The molecule has 1 atom stereocenters. The van der Waals surface area contributed by atoms with Crippen LogP contribution in [0.15, 0.2) is 18.2 Å². The van der Waals surface area contributed by atoms with E-state index in [1.807, 2.05) is 0 Å². The first kappa shape index (κ1) is 13.0. The highest BCUT2D eigenvalue weighted by molar-refractivity contribution is 5.81. The Morgan fingerprint density at radius 3 is 2.72 bits per heavy atom. The van der Waals surface area contributed by atoms with Gasteiger partial charge in [0, 0.05) is 12.1 Å². The number of nitrogens with one attached hydrogen (secondary N) is 2. The highest BCUT2D eigenvalue weighted by Crippen LogP contribution is 2.12. The molecule has 0 radical (unpaired) electrons. The van der Waals surface area contributed by atoms with Crippen LogP contribution in [-0.2, 0) is 11.2 Å². The summed E-state index contributed by atoms with van der Waals surface area (Å²) < 4.78 is 26.6. The van der Waals surface area contributed by atoms with Crippen molar-refractivity contribution in [1.29, 1.82) is 0 Å². The van der Waals surface area contributed by atoms with Crippen molar-refractivity contribution in [2.45, 2.75) is 25.3 Å². The standard InChI is InChI=1S/C13H16F2N2O/c14-10-3-1-4-11(15)9(10)6-8-17-13(18)12-5-2-7-16-12/h1,3-4,12,16H,2,5-8H2,(H,17,18). The molecule has 2 N–H and O–H groups in total. The molecule has 0 aromatic heterocycles. The van der Waals surface area contributed by atoms with Crippen LogP contribution in [0.5, 0.6) is 0 Å². The topological polar surface area (TPSA) is 41.1 Å². The number of amides is 1. The first-order valence-electron chi connectivity index (χ1n) is 6.12. The minimum atomic E-state index is -0.566. The van der Waals surface area contributed by atoms with Crippen LogP contribution in [0.1, 0.15) is 18.4 Å². The predicted octanol–water partition coefficient (Wildman–Crippen LogP) is 1.38. The number of carbonyl (C=O) groups is 1. The summed E-state index contributed by atoms with van der Waals surface area (Å²) in [5.74, 6) is -1.23. The van der Waals surface area contributed by atoms with Gasteiger partial charge in [0.2, 0.25) is 5.91 Å². The maximum Gasteiger partial charge on any atom is 0.237 e. The molecule has 1 saturated heterocycles. The zero-order valence-electron chi connectivity index (χ0n) is 10.0. The van der Waals surface area contributed by atoms with E-state index in [0.717, 1.165) is 19.4 Å². The van der Waals surface area contributed by atoms with E-state index in [1.54, 1.807) is 0 Å². The average Bonchev–Trinajstić information content (AvgIpc) is 2.86. The molecule has 18 heavy (non-hydrogen) atoms. The molecule has 0 bridgehead atoms. The summed E-state index contributed by atoms with van der Waals surface area (Å²) in [6.45, 7) is 1.09. The van der Waals surface area contributed by atoms with E-state index < -0.39 is 11.6 Å². The van der Waals surface area contributed by atoms with Crippen molar-refractivity contribution in [3.63, 3.8) is 0 Å². The lowest BCUT2D eigenvalue weighted by Gasteiger charge is -2.11. The molecule has 1 aliphatic heterocycles. The lowest BCUT2D eigenvalue weighted by atomic mass is 10.1. The van der Waals surface area contributed by atoms with Crippen molar-refractivity contribution in [2.75, 3.05) is 13.1 Å². The van der Waals surface area contributed by atoms with Crippen molar-refractivity contribution < 1.29 is 13.6 Å². The van der Waals surface area contributed by atoms with Crippen LogP contribution in [0, 0.1) is 11.6 Å². The largest absolute Gasteiger partial charge is 0.354 e. The minimum Gasteiger partial charge on any atom is -0.354 e. The number of hydrogen-bond acceptors (Lipinski definition) is 2. The van der Waals surface area contributed by atoms with Gasteiger partial charge < -0.3 is 10.6 Å². The van der Waals surface area contributed by atoms with E-state index in [-0.39, 0.29) is 30.5 Å². The highest BCUT2D eigenvalue weighted by atomic mass is 19.1. The Kier molecular flexibility index (Phi) is 4.25. The van der Waals surface area contributed by atoms with Crippen LogP contribution in [0.3, 0.4) is 0 Å². The van der Waals surface area contributed by atoms with Gasteiger partial charge in [-0.2, -0.15) is 0 Å². The fourth-order valence-corrected chi connectivity index (χ4v) is 2.11. The van der Waals surface area contributed by atoms with E-state index in [0.29, 0.717) is 0 Å². The van der Waals surface area contributed by atoms with E-state index >= 15 is 0 Å². The highest BCUT2D eigenvalue weighted by Gasteiger charge is 2.21. The summed E-state index contributed by atoms with van der Waals surface area (Å²) in [6, 6.07) is 3.61. The van der Waals surface area contributed by atoms with Crippen LogP contribution in [0.2, 0.25) is 0 Å². The maximum absolute atomic E-state index is 13.3. The number of hydrogen-bond donors (Lipinski definition) is 2. The lowest BCUT2D eigenvalue weighted by Crippen LogP contribution is -2.41. The Morgan fingerprint density at radius 1 is 1.39 bits per heavy atom. The molecule has 1 aromatic rings. The van der Waals surface area contributed by atoms with Gasteiger partial charge in [-0.25, -0.2) is 8.78 Å². The number of halogens is 2. The second kappa shape index (κ2) is 5.91. The Balaban J connectivity index is 1.83. The molecule has 1 heterocycles. The lowest BCUT2D eigenvalue weighted by molar-refractivity contribution is -0.122.